The minimum Gasteiger partial charge on any atom is -0.434 e. The van der Waals surface area contributed by atoms with E-state index in [1.54, 1.807) is 6.92 Å². The molecule has 0 heterocycles. The van der Waals surface area contributed by atoms with Gasteiger partial charge in [0.15, 0.2) is 6.29 Å². The molecule has 100 valence electrons. The van der Waals surface area contributed by atoms with Gasteiger partial charge in [0, 0.05) is 12.7 Å². The molecule has 2 atom stereocenters. The van der Waals surface area contributed by atoms with E-state index in [4.69, 9.17) is 13.6 Å². The molecular weight excluding hydrogens is 236 g/mol. The van der Waals surface area contributed by atoms with Gasteiger partial charge >= 0.3 is 14.5 Å². The molecule has 0 aromatic rings. The molecule has 0 aromatic heterocycles. The predicted molar refractivity (Wildman–Crippen MR) is 69.8 cm³/mol. The third kappa shape index (κ3) is 6.00. The summed E-state index contributed by atoms with van der Waals surface area (Å²) in [5, 5.41) is 0. The van der Waals surface area contributed by atoms with Gasteiger partial charge in [0.25, 0.3) is 0 Å². The third-order valence-corrected chi connectivity index (χ3v) is 6.32. The Morgan fingerprint density at radius 3 is 2.47 bits per heavy atom. The Morgan fingerprint density at radius 2 is 2.06 bits per heavy atom. The van der Waals surface area contributed by atoms with Crippen LogP contribution in [0.4, 0.5) is 0 Å². The first-order valence-corrected chi connectivity index (χ1v) is 8.41. The first-order chi connectivity index (χ1) is 8.03. The van der Waals surface area contributed by atoms with E-state index >= 15 is 0 Å². The van der Waals surface area contributed by atoms with E-state index in [0.717, 1.165) is 24.6 Å². The third-order valence-electron chi connectivity index (χ3n) is 2.41. The Kier molecular flexibility index (Phi) is 8.12. The van der Waals surface area contributed by atoms with Crippen molar-refractivity contribution >= 4 is 14.5 Å². The lowest BCUT2D eigenvalue weighted by molar-refractivity contribution is -0.157. The minimum atomic E-state index is -2.22. The number of hydrogen-bond acceptors (Lipinski definition) is 4. The van der Waals surface area contributed by atoms with Gasteiger partial charge in [-0.15, -0.1) is 0 Å². The average Bonchev–Trinajstić information content (AvgIpc) is 2.29. The van der Waals surface area contributed by atoms with Crippen LogP contribution in [0.1, 0.15) is 34.1 Å². The van der Waals surface area contributed by atoms with Gasteiger partial charge in [0.2, 0.25) is 0 Å². The van der Waals surface area contributed by atoms with Crippen LogP contribution in [0, 0.1) is 0 Å². The van der Waals surface area contributed by atoms with Crippen molar-refractivity contribution in [3.8, 4) is 0 Å². The van der Waals surface area contributed by atoms with Crippen molar-refractivity contribution < 1.29 is 18.4 Å². The van der Waals surface area contributed by atoms with Crippen LogP contribution < -0.4 is 0 Å². The molecule has 0 aliphatic rings. The molecule has 17 heavy (non-hydrogen) atoms. The normalized spacial score (nSPS) is 16.0. The van der Waals surface area contributed by atoms with Gasteiger partial charge in [-0.05, 0) is 25.9 Å². The second kappa shape index (κ2) is 8.44. The Morgan fingerprint density at radius 1 is 1.41 bits per heavy atom. The Balaban J connectivity index is 4.49. The van der Waals surface area contributed by atoms with Gasteiger partial charge in [0.05, 0.1) is 0 Å². The zero-order valence-corrected chi connectivity index (χ0v) is 12.3. The topological polar surface area (TPSA) is 44.8 Å². The Bertz CT molecular complexity index is 237. The van der Waals surface area contributed by atoms with E-state index in [0.29, 0.717) is 6.61 Å². The molecule has 5 heteroatoms. The molecule has 0 fully saturated rings. The number of ether oxygens (including phenoxy) is 1. The Hall–Kier alpha value is -0.653. The minimum absolute atomic E-state index is 0.468. The maximum Gasteiger partial charge on any atom is 0.340 e. The van der Waals surface area contributed by atoms with Gasteiger partial charge in [-0.1, -0.05) is 26.8 Å². The molecule has 0 rings (SSSR count). The molecule has 0 saturated heterocycles. The zero-order chi connectivity index (χ0) is 13.3. The van der Waals surface area contributed by atoms with E-state index in [1.165, 1.54) is 0 Å². The van der Waals surface area contributed by atoms with Crippen molar-refractivity contribution in [2.45, 2.75) is 52.5 Å². The maximum absolute atomic E-state index is 11.1. The standard InChI is InChI=1S/C12H24O4Si/c1-6-10-17(9-4,14-8-3)16-11(5)15-12(13)7-2/h7,11H,2,6,8-10H2,1,3-5H3. The second-order valence-electron chi connectivity index (χ2n) is 3.77. The van der Waals surface area contributed by atoms with Gasteiger partial charge in [0.1, 0.15) is 0 Å². The van der Waals surface area contributed by atoms with Crippen molar-refractivity contribution in [2.24, 2.45) is 0 Å². The lowest BCUT2D eigenvalue weighted by Crippen LogP contribution is -2.44. The van der Waals surface area contributed by atoms with E-state index in [9.17, 15) is 4.79 Å². The van der Waals surface area contributed by atoms with Crippen molar-refractivity contribution in [2.75, 3.05) is 6.61 Å². The predicted octanol–water partition coefficient (Wildman–Crippen LogP) is 2.99. The molecule has 4 nitrogen and oxygen atoms in total. The smallest absolute Gasteiger partial charge is 0.340 e. The van der Waals surface area contributed by atoms with Crippen molar-refractivity contribution in [3.63, 3.8) is 0 Å². The molecule has 0 aromatic carbocycles. The Labute approximate surface area is 105 Å². The largest absolute Gasteiger partial charge is 0.434 e. The molecule has 0 radical (unpaired) electrons. The fourth-order valence-corrected chi connectivity index (χ4v) is 4.70. The summed E-state index contributed by atoms with van der Waals surface area (Å²) in [7, 11) is -2.22. The van der Waals surface area contributed by atoms with Crippen LogP contribution in [0.3, 0.4) is 0 Å². The number of rotatable bonds is 9. The van der Waals surface area contributed by atoms with E-state index in [-0.39, 0.29) is 0 Å². The maximum atomic E-state index is 11.1. The average molecular weight is 260 g/mol. The van der Waals surface area contributed by atoms with Crippen LogP contribution in [0.25, 0.3) is 0 Å². The van der Waals surface area contributed by atoms with Crippen LogP contribution in [-0.2, 0) is 18.4 Å². The number of carbonyl (C=O) groups is 1. The van der Waals surface area contributed by atoms with Crippen molar-refractivity contribution in [3.05, 3.63) is 12.7 Å². The quantitative estimate of drug-likeness (QED) is 0.277. The molecule has 0 saturated carbocycles. The molecule has 0 amide bonds. The van der Waals surface area contributed by atoms with E-state index in [2.05, 4.69) is 20.4 Å². The second-order valence-corrected chi connectivity index (χ2v) is 7.33. The van der Waals surface area contributed by atoms with Gasteiger partial charge in [-0.2, -0.15) is 0 Å². The summed E-state index contributed by atoms with van der Waals surface area (Å²) in [4.78, 5) is 11.1. The van der Waals surface area contributed by atoms with Crippen LogP contribution in [-0.4, -0.2) is 27.4 Å². The number of hydrogen-bond donors (Lipinski definition) is 0. The highest BCUT2D eigenvalue weighted by molar-refractivity contribution is 6.67. The summed E-state index contributed by atoms with van der Waals surface area (Å²) in [6, 6.07) is 1.76. The summed E-state index contributed by atoms with van der Waals surface area (Å²) in [6.07, 6.45) is 1.56. The number of esters is 1. The van der Waals surface area contributed by atoms with E-state index in [1.807, 2.05) is 6.92 Å². The van der Waals surface area contributed by atoms with Gasteiger partial charge in [-0.3, -0.25) is 0 Å². The molecule has 0 aliphatic heterocycles. The van der Waals surface area contributed by atoms with Gasteiger partial charge < -0.3 is 13.6 Å². The van der Waals surface area contributed by atoms with Crippen LogP contribution in [0.5, 0.6) is 0 Å². The van der Waals surface area contributed by atoms with Gasteiger partial charge in [-0.25, -0.2) is 4.79 Å². The molecule has 0 bridgehead atoms. The SMILES string of the molecule is C=CC(=O)OC(C)O[Si](CC)(CCC)OCC. The summed E-state index contributed by atoms with van der Waals surface area (Å²) in [6.45, 7) is 11.8. The van der Waals surface area contributed by atoms with Crippen molar-refractivity contribution in [1.82, 2.24) is 0 Å². The first kappa shape index (κ1) is 16.3. The molecule has 2 unspecified atom stereocenters. The summed E-state index contributed by atoms with van der Waals surface area (Å²) >= 11 is 0. The lowest BCUT2D eigenvalue weighted by atomic mass is 10.6. The monoisotopic (exact) mass is 260 g/mol. The van der Waals surface area contributed by atoms with Crippen LogP contribution in [0.15, 0.2) is 12.7 Å². The highest BCUT2D eigenvalue weighted by atomic mass is 28.4. The molecule has 0 N–H and O–H groups in total. The summed E-state index contributed by atoms with van der Waals surface area (Å²) in [5.41, 5.74) is 0. The fraction of sp³-hybridized carbons (Fsp3) is 0.750. The fourth-order valence-electron chi connectivity index (χ4n) is 1.71. The summed E-state index contributed by atoms with van der Waals surface area (Å²) < 4.78 is 16.7. The summed E-state index contributed by atoms with van der Waals surface area (Å²) in [5.74, 6) is -0.468. The van der Waals surface area contributed by atoms with Crippen LogP contribution in [0.2, 0.25) is 12.1 Å². The molecule has 0 aliphatic carbocycles. The highest BCUT2D eigenvalue weighted by Crippen LogP contribution is 2.23. The van der Waals surface area contributed by atoms with E-state index < -0.39 is 20.8 Å². The van der Waals surface area contributed by atoms with Crippen molar-refractivity contribution in [1.29, 1.82) is 0 Å². The highest BCUT2D eigenvalue weighted by Gasteiger charge is 2.36. The number of carbonyl (C=O) groups excluding carboxylic acids is 1. The zero-order valence-electron chi connectivity index (χ0n) is 11.3. The first-order valence-electron chi connectivity index (χ1n) is 6.18. The molecule has 0 spiro atoms. The lowest BCUT2D eigenvalue weighted by Gasteiger charge is -2.31. The molecular formula is C12H24O4Si. The van der Waals surface area contributed by atoms with Crippen LogP contribution >= 0.6 is 0 Å².